The monoisotopic (exact) mass is 334 g/mol. The summed E-state index contributed by atoms with van der Waals surface area (Å²) in [6, 6.07) is 0. The lowest BCUT2D eigenvalue weighted by Crippen LogP contribution is -2.31. The molecule has 0 fully saturated rings. The van der Waals surface area contributed by atoms with E-state index in [0.29, 0.717) is 0 Å². The number of carbonyl (C=O) groups excluding carboxylic acids is 3. The van der Waals surface area contributed by atoms with E-state index < -0.39 is 35.7 Å². The van der Waals surface area contributed by atoms with Gasteiger partial charge in [-0.2, -0.15) is 13.2 Å². The lowest BCUT2D eigenvalue weighted by molar-refractivity contribution is -0.171. The fourth-order valence-corrected chi connectivity index (χ4v) is 1.80. The highest BCUT2D eigenvalue weighted by molar-refractivity contribution is 6.10. The van der Waals surface area contributed by atoms with Gasteiger partial charge in [0, 0.05) is 5.57 Å². The van der Waals surface area contributed by atoms with Crippen LogP contribution >= 0.6 is 0 Å². The number of halogens is 3. The second-order valence-corrected chi connectivity index (χ2v) is 5.12. The van der Waals surface area contributed by atoms with Crippen LogP contribution < -0.4 is 0 Å². The van der Waals surface area contributed by atoms with Gasteiger partial charge >= 0.3 is 12.1 Å². The fourth-order valence-electron chi connectivity index (χ4n) is 1.80. The first-order valence-electron chi connectivity index (χ1n) is 6.89. The van der Waals surface area contributed by atoms with Gasteiger partial charge in [0.05, 0.1) is 18.6 Å². The van der Waals surface area contributed by atoms with E-state index in [1.165, 1.54) is 18.2 Å². The van der Waals surface area contributed by atoms with Crippen LogP contribution in [0.4, 0.5) is 13.2 Å². The topological polar surface area (TPSA) is 69.7 Å². The minimum atomic E-state index is -5.02. The molecule has 1 rings (SSSR count). The Balaban J connectivity index is 2.58. The molecular weight excluding hydrogens is 317 g/mol. The van der Waals surface area contributed by atoms with E-state index >= 15 is 0 Å². The second kappa shape index (κ2) is 7.54. The quantitative estimate of drug-likeness (QED) is 0.528. The number of allylic oxidation sites excluding steroid dienone is 2. The van der Waals surface area contributed by atoms with Crippen molar-refractivity contribution in [2.45, 2.75) is 38.5 Å². The molecule has 0 spiro atoms. The summed E-state index contributed by atoms with van der Waals surface area (Å²) in [4.78, 5) is 33.7. The molecule has 128 valence electrons. The van der Waals surface area contributed by atoms with Crippen LogP contribution in [0.25, 0.3) is 0 Å². The Hall–Kier alpha value is -1.96. The highest BCUT2D eigenvalue weighted by Crippen LogP contribution is 2.26. The van der Waals surface area contributed by atoms with Gasteiger partial charge in [-0.05, 0) is 20.3 Å². The summed E-state index contributed by atoms with van der Waals surface area (Å²) in [5.41, 5.74) is -0.857. The van der Waals surface area contributed by atoms with Crippen molar-refractivity contribution in [2.24, 2.45) is 0 Å². The normalized spacial score (nSPS) is 20.8. The molecule has 0 radical (unpaired) electrons. The summed E-state index contributed by atoms with van der Waals surface area (Å²) in [6.07, 6.45) is -1.91. The first-order valence-corrected chi connectivity index (χ1v) is 6.89. The molecule has 0 bridgehead atoms. The summed E-state index contributed by atoms with van der Waals surface area (Å²) >= 11 is 0. The standard InChI is InChI=1S/C15H17F3O5/c1-3-22-13(21)9-23-14(2)6-4-10(5-7-14)11(19)8-12(20)15(16,17)18/h4-6H,3,7-9H2,1-2H3. The molecular formula is C15H17F3O5. The summed E-state index contributed by atoms with van der Waals surface area (Å²) in [5, 5.41) is 0. The number of hydrogen-bond acceptors (Lipinski definition) is 5. The number of alkyl halides is 3. The van der Waals surface area contributed by atoms with E-state index in [1.54, 1.807) is 13.8 Å². The van der Waals surface area contributed by atoms with Crippen molar-refractivity contribution in [3.05, 3.63) is 23.8 Å². The smallest absolute Gasteiger partial charge is 0.450 e. The van der Waals surface area contributed by atoms with E-state index in [2.05, 4.69) is 0 Å². The lowest BCUT2D eigenvalue weighted by atomic mass is 9.91. The van der Waals surface area contributed by atoms with Gasteiger partial charge in [-0.15, -0.1) is 0 Å². The predicted octanol–water partition coefficient (Wildman–Crippen LogP) is 2.30. The average Bonchev–Trinajstić information content (AvgIpc) is 2.45. The van der Waals surface area contributed by atoms with Crippen LogP contribution in [0.15, 0.2) is 23.8 Å². The Morgan fingerprint density at radius 1 is 1.30 bits per heavy atom. The Bertz CT molecular complexity index is 548. The predicted molar refractivity (Wildman–Crippen MR) is 73.5 cm³/mol. The van der Waals surface area contributed by atoms with Crippen LogP contribution in [0.1, 0.15) is 26.7 Å². The number of carbonyl (C=O) groups is 3. The molecule has 0 heterocycles. The summed E-state index contributed by atoms with van der Waals surface area (Å²) < 4.78 is 46.5. The zero-order chi connectivity index (χ0) is 17.7. The highest BCUT2D eigenvalue weighted by Gasteiger charge is 2.39. The summed E-state index contributed by atoms with van der Waals surface area (Å²) in [5.74, 6) is -3.52. The number of esters is 1. The molecule has 0 N–H and O–H groups in total. The van der Waals surface area contributed by atoms with Crippen molar-refractivity contribution in [1.82, 2.24) is 0 Å². The number of rotatable bonds is 7. The molecule has 0 saturated heterocycles. The number of hydrogen-bond donors (Lipinski definition) is 0. The van der Waals surface area contributed by atoms with Crippen LogP contribution in [0.5, 0.6) is 0 Å². The molecule has 1 atom stereocenters. The molecule has 23 heavy (non-hydrogen) atoms. The Kier molecular flexibility index (Phi) is 6.26. The van der Waals surface area contributed by atoms with Crippen molar-refractivity contribution in [2.75, 3.05) is 13.2 Å². The third-order valence-electron chi connectivity index (χ3n) is 3.13. The van der Waals surface area contributed by atoms with Crippen LogP contribution in [-0.2, 0) is 23.9 Å². The largest absolute Gasteiger partial charge is 0.464 e. The van der Waals surface area contributed by atoms with Crippen LogP contribution in [0.2, 0.25) is 0 Å². The Morgan fingerprint density at radius 2 is 1.96 bits per heavy atom. The fraction of sp³-hybridized carbons (Fsp3) is 0.533. The zero-order valence-corrected chi connectivity index (χ0v) is 12.7. The van der Waals surface area contributed by atoms with E-state index in [9.17, 15) is 27.6 Å². The van der Waals surface area contributed by atoms with Gasteiger partial charge in [0.25, 0.3) is 0 Å². The van der Waals surface area contributed by atoms with E-state index in [0.717, 1.165) is 0 Å². The first-order chi connectivity index (χ1) is 10.6. The van der Waals surface area contributed by atoms with E-state index in [1.807, 2.05) is 0 Å². The highest BCUT2D eigenvalue weighted by atomic mass is 19.4. The number of Topliss-reactive ketones (excluding diaryl/α,β-unsaturated/α-hetero) is 2. The molecule has 0 saturated carbocycles. The summed E-state index contributed by atoms with van der Waals surface area (Å²) in [7, 11) is 0. The molecule has 0 amide bonds. The van der Waals surface area contributed by atoms with Crippen molar-refractivity contribution in [1.29, 1.82) is 0 Å². The molecule has 0 aromatic rings. The van der Waals surface area contributed by atoms with Crippen molar-refractivity contribution in [3.8, 4) is 0 Å². The van der Waals surface area contributed by atoms with Crippen molar-refractivity contribution in [3.63, 3.8) is 0 Å². The molecule has 0 aliphatic heterocycles. The van der Waals surface area contributed by atoms with Crippen LogP contribution in [0, 0.1) is 0 Å². The molecule has 8 heteroatoms. The third kappa shape index (κ3) is 5.97. The molecule has 5 nitrogen and oxygen atoms in total. The summed E-state index contributed by atoms with van der Waals surface area (Å²) in [6.45, 7) is 3.25. The van der Waals surface area contributed by atoms with Crippen LogP contribution in [-0.4, -0.2) is 42.5 Å². The Morgan fingerprint density at radius 3 is 2.43 bits per heavy atom. The van der Waals surface area contributed by atoms with Gasteiger partial charge in [-0.1, -0.05) is 18.2 Å². The van der Waals surface area contributed by atoms with Gasteiger partial charge < -0.3 is 9.47 Å². The lowest BCUT2D eigenvalue weighted by Gasteiger charge is -2.27. The van der Waals surface area contributed by atoms with Gasteiger partial charge in [-0.3, -0.25) is 9.59 Å². The molecule has 0 aromatic carbocycles. The number of ether oxygens (including phenoxy) is 2. The molecule has 0 aromatic heterocycles. The maximum atomic E-state index is 12.1. The minimum Gasteiger partial charge on any atom is -0.464 e. The zero-order valence-electron chi connectivity index (χ0n) is 12.7. The molecule has 1 unspecified atom stereocenters. The average molecular weight is 334 g/mol. The molecule has 1 aliphatic carbocycles. The van der Waals surface area contributed by atoms with Crippen molar-refractivity contribution >= 4 is 17.5 Å². The second-order valence-electron chi connectivity index (χ2n) is 5.12. The van der Waals surface area contributed by atoms with Gasteiger partial charge in [-0.25, -0.2) is 4.79 Å². The Labute approximate surface area is 131 Å². The van der Waals surface area contributed by atoms with Gasteiger partial charge in [0.15, 0.2) is 5.78 Å². The van der Waals surface area contributed by atoms with E-state index in [-0.39, 0.29) is 25.2 Å². The van der Waals surface area contributed by atoms with Gasteiger partial charge in [0.2, 0.25) is 5.78 Å². The SMILES string of the molecule is CCOC(=O)COC1(C)C=CC(C(=O)CC(=O)C(F)(F)F)=CC1. The van der Waals surface area contributed by atoms with E-state index in [4.69, 9.17) is 9.47 Å². The van der Waals surface area contributed by atoms with Crippen LogP contribution in [0.3, 0.4) is 0 Å². The maximum Gasteiger partial charge on any atom is 0.450 e. The minimum absolute atomic E-state index is 0.0137. The molecule has 1 aliphatic rings. The number of ketones is 2. The first kappa shape index (κ1) is 19.1. The maximum absolute atomic E-state index is 12.1. The third-order valence-corrected chi connectivity index (χ3v) is 3.13. The van der Waals surface area contributed by atoms with Gasteiger partial charge in [0.1, 0.15) is 6.61 Å². The van der Waals surface area contributed by atoms with Crippen molar-refractivity contribution < 1.29 is 37.0 Å².